The summed E-state index contributed by atoms with van der Waals surface area (Å²) in [4.78, 5) is 34.6. The van der Waals surface area contributed by atoms with E-state index in [1.807, 2.05) is 6.92 Å². The van der Waals surface area contributed by atoms with Gasteiger partial charge in [0.25, 0.3) is 17.5 Å². The predicted molar refractivity (Wildman–Crippen MR) is 136 cm³/mol. The summed E-state index contributed by atoms with van der Waals surface area (Å²) in [7, 11) is 1.41. The number of nitro groups is 1. The van der Waals surface area contributed by atoms with E-state index >= 15 is 0 Å². The maximum atomic E-state index is 12.3. The number of carbonyl (C=O) groups is 2. The molecule has 3 aromatic carbocycles. The van der Waals surface area contributed by atoms with Gasteiger partial charge < -0.3 is 14.8 Å². The summed E-state index contributed by atoms with van der Waals surface area (Å²) in [6.45, 7) is 1.52. The third-order valence-corrected chi connectivity index (χ3v) is 5.46. The fraction of sp³-hybridized carbons (Fsp3) is 0.125. The van der Waals surface area contributed by atoms with Gasteiger partial charge in [-0.05, 0) is 54.4 Å². The average molecular weight is 531 g/mol. The molecule has 0 unspecified atom stereocenters. The van der Waals surface area contributed by atoms with Crippen molar-refractivity contribution >= 4 is 52.6 Å². The van der Waals surface area contributed by atoms with Gasteiger partial charge in [0.05, 0.1) is 23.3 Å². The van der Waals surface area contributed by atoms with Crippen LogP contribution in [-0.4, -0.2) is 36.7 Å². The number of hydrogen-bond acceptors (Lipinski definition) is 7. The standard InChI is InChI=1S/C24H20Cl2N4O6/c1-14-3-6-17(11-19(14)25)28-22(31)13-36-23-20(26)9-15(10-21(23)35-2)12-27-29-24(32)16-4-7-18(8-5-16)30(33)34/h3-12H,13H2,1-2H3,(H,28,31)(H,29,32)/b27-12+. The topological polar surface area (TPSA) is 132 Å². The lowest BCUT2D eigenvalue weighted by molar-refractivity contribution is -0.384. The molecule has 3 aromatic rings. The van der Waals surface area contributed by atoms with Gasteiger partial charge in [0.15, 0.2) is 18.1 Å². The molecule has 0 aliphatic carbocycles. The molecule has 0 atom stereocenters. The summed E-state index contributed by atoms with van der Waals surface area (Å²) >= 11 is 12.4. The molecule has 2 N–H and O–H groups in total. The number of halogens is 2. The van der Waals surface area contributed by atoms with Crippen molar-refractivity contribution in [3.8, 4) is 11.5 Å². The monoisotopic (exact) mass is 530 g/mol. The van der Waals surface area contributed by atoms with Crippen LogP contribution in [0.2, 0.25) is 10.0 Å². The number of methoxy groups -OCH3 is 1. The zero-order chi connectivity index (χ0) is 26.2. The number of carbonyl (C=O) groups excluding carboxylic acids is 2. The summed E-state index contributed by atoms with van der Waals surface area (Å²) in [5.41, 5.74) is 4.28. The normalized spacial score (nSPS) is 10.7. The van der Waals surface area contributed by atoms with E-state index in [1.54, 1.807) is 24.3 Å². The van der Waals surface area contributed by atoms with E-state index in [9.17, 15) is 19.7 Å². The second kappa shape index (κ2) is 12.0. The van der Waals surface area contributed by atoms with Gasteiger partial charge in [0.2, 0.25) is 0 Å². The quantitative estimate of drug-likeness (QED) is 0.227. The summed E-state index contributed by atoms with van der Waals surface area (Å²) in [5.74, 6) is -0.576. The molecule has 0 fully saturated rings. The Kier molecular flexibility index (Phi) is 8.82. The molecule has 186 valence electrons. The van der Waals surface area contributed by atoms with Crippen molar-refractivity contribution in [1.29, 1.82) is 0 Å². The molecular weight excluding hydrogens is 511 g/mol. The van der Waals surface area contributed by atoms with Crippen LogP contribution in [0.3, 0.4) is 0 Å². The first-order valence-electron chi connectivity index (χ1n) is 10.3. The number of aryl methyl sites for hydroxylation is 1. The molecule has 0 aliphatic heterocycles. The number of nitrogens with one attached hydrogen (secondary N) is 2. The lowest BCUT2D eigenvalue weighted by Gasteiger charge is -2.13. The van der Waals surface area contributed by atoms with E-state index in [4.69, 9.17) is 32.7 Å². The molecule has 0 saturated carbocycles. The molecule has 12 heteroatoms. The number of hydrazone groups is 1. The lowest BCUT2D eigenvalue weighted by atomic mass is 10.2. The minimum Gasteiger partial charge on any atom is -0.493 e. The summed E-state index contributed by atoms with van der Waals surface area (Å²) in [6.07, 6.45) is 1.33. The number of nitro benzene ring substituents is 1. The fourth-order valence-corrected chi connectivity index (χ4v) is 3.38. The van der Waals surface area contributed by atoms with E-state index in [1.165, 1.54) is 43.7 Å². The Morgan fingerprint density at radius 2 is 1.81 bits per heavy atom. The van der Waals surface area contributed by atoms with Gasteiger partial charge in [0.1, 0.15) is 0 Å². The molecule has 0 saturated heterocycles. The average Bonchev–Trinajstić information content (AvgIpc) is 2.85. The molecular formula is C24H20Cl2N4O6. The molecule has 0 spiro atoms. The molecule has 0 bridgehead atoms. The van der Waals surface area contributed by atoms with E-state index in [-0.39, 0.29) is 34.4 Å². The van der Waals surface area contributed by atoms with Crippen LogP contribution in [0.4, 0.5) is 11.4 Å². The molecule has 0 radical (unpaired) electrons. The highest BCUT2D eigenvalue weighted by molar-refractivity contribution is 6.32. The summed E-state index contributed by atoms with van der Waals surface area (Å²) < 4.78 is 10.9. The van der Waals surface area contributed by atoms with E-state index in [2.05, 4.69) is 15.8 Å². The van der Waals surface area contributed by atoms with E-state index in [0.29, 0.717) is 16.3 Å². The molecule has 36 heavy (non-hydrogen) atoms. The number of rotatable bonds is 9. The molecule has 3 rings (SSSR count). The first-order valence-corrected chi connectivity index (χ1v) is 11.1. The SMILES string of the molecule is COc1cc(/C=N/NC(=O)c2ccc([N+](=O)[O-])cc2)cc(Cl)c1OCC(=O)Nc1ccc(C)c(Cl)c1. The Morgan fingerprint density at radius 1 is 1.08 bits per heavy atom. The Balaban J connectivity index is 1.62. The minimum absolute atomic E-state index is 0.129. The van der Waals surface area contributed by atoms with Crippen LogP contribution in [-0.2, 0) is 4.79 Å². The first kappa shape index (κ1) is 26.5. The van der Waals surface area contributed by atoms with Gasteiger partial charge in [-0.25, -0.2) is 5.43 Å². The number of anilines is 1. The van der Waals surface area contributed by atoms with Gasteiger partial charge in [-0.1, -0.05) is 29.3 Å². The molecule has 0 aromatic heterocycles. The Bertz CT molecular complexity index is 1330. The second-order valence-electron chi connectivity index (χ2n) is 7.34. The highest BCUT2D eigenvalue weighted by Gasteiger charge is 2.14. The van der Waals surface area contributed by atoms with Gasteiger partial charge in [0, 0.05) is 28.4 Å². The van der Waals surface area contributed by atoms with Crippen LogP contribution in [0.25, 0.3) is 0 Å². The van der Waals surface area contributed by atoms with Crippen molar-refractivity contribution in [3.63, 3.8) is 0 Å². The highest BCUT2D eigenvalue weighted by Crippen LogP contribution is 2.36. The summed E-state index contributed by atoms with van der Waals surface area (Å²) in [6, 6.07) is 13.3. The van der Waals surface area contributed by atoms with Crippen molar-refractivity contribution < 1.29 is 24.0 Å². The largest absolute Gasteiger partial charge is 0.493 e. The molecule has 0 heterocycles. The molecule has 2 amide bonds. The third-order valence-electron chi connectivity index (χ3n) is 4.77. The minimum atomic E-state index is -0.559. The Labute approximate surface area is 216 Å². The molecule has 0 aliphatic rings. The van der Waals surface area contributed by atoms with Crippen molar-refractivity contribution in [1.82, 2.24) is 5.43 Å². The van der Waals surface area contributed by atoms with Gasteiger partial charge in [-0.3, -0.25) is 19.7 Å². The van der Waals surface area contributed by atoms with Crippen LogP contribution in [0, 0.1) is 17.0 Å². The molecule has 10 nitrogen and oxygen atoms in total. The van der Waals surface area contributed by atoms with Crippen LogP contribution >= 0.6 is 23.2 Å². The van der Waals surface area contributed by atoms with Gasteiger partial charge in [-0.15, -0.1) is 0 Å². The van der Waals surface area contributed by atoms with Gasteiger partial charge >= 0.3 is 0 Å². The van der Waals surface area contributed by atoms with E-state index < -0.39 is 16.7 Å². The van der Waals surface area contributed by atoms with Crippen molar-refractivity contribution in [2.75, 3.05) is 19.0 Å². The number of benzene rings is 3. The van der Waals surface area contributed by atoms with Crippen molar-refractivity contribution in [3.05, 3.63) is 91.4 Å². The van der Waals surface area contributed by atoms with Crippen LogP contribution in [0.15, 0.2) is 59.7 Å². The number of amides is 2. The van der Waals surface area contributed by atoms with E-state index in [0.717, 1.165) is 5.56 Å². The maximum absolute atomic E-state index is 12.3. The van der Waals surface area contributed by atoms with Crippen molar-refractivity contribution in [2.45, 2.75) is 6.92 Å². The lowest BCUT2D eigenvalue weighted by Crippen LogP contribution is -2.20. The number of non-ortho nitro benzene ring substituents is 1. The van der Waals surface area contributed by atoms with Crippen molar-refractivity contribution in [2.24, 2.45) is 5.10 Å². The zero-order valence-electron chi connectivity index (χ0n) is 19.1. The first-order chi connectivity index (χ1) is 17.2. The Hall–Kier alpha value is -4.15. The zero-order valence-corrected chi connectivity index (χ0v) is 20.6. The number of nitrogens with zero attached hydrogens (tertiary/aromatic N) is 2. The summed E-state index contributed by atoms with van der Waals surface area (Å²) in [5, 5.41) is 17.9. The number of hydrogen-bond donors (Lipinski definition) is 2. The number of ether oxygens (including phenoxy) is 2. The Morgan fingerprint density at radius 3 is 2.44 bits per heavy atom. The van der Waals surface area contributed by atoms with Gasteiger partial charge in [-0.2, -0.15) is 5.10 Å². The van der Waals surface area contributed by atoms with Crippen LogP contribution < -0.4 is 20.2 Å². The maximum Gasteiger partial charge on any atom is 0.271 e. The third kappa shape index (κ3) is 6.94. The highest BCUT2D eigenvalue weighted by atomic mass is 35.5. The van der Waals surface area contributed by atoms with Crippen LogP contribution in [0.5, 0.6) is 11.5 Å². The fourth-order valence-electron chi connectivity index (χ4n) is 2.92. The second-order valence-corrected chi connectivity index (χ2v) is 8.15. The smallest absolute Gasteiger partial charge is 0.271 e. The van der Waals surface area contributed by atoms with Crippen LogP contribution in [0.1, 0.15) is 21.5 Å². The predicted octanol–water partition coefficient (Wildman–Crippen LogP) is 5.00.